The zero-order valence-electron chi connectivity index (χ0n) is 21.4. The second-order valence-corrected chi connectivity index (χ2v) is 9.90. The first kappa shape index (κ1) is 25.8. The van der Waals surface area contributed by atoms with Gasteiger partial charge in [-0.1, -0.05) is 73.5 Å². The molecule has 4 rings (SSSR count). The normalized spacial score (nSPS) is 15.5. The van der Waals surface area contributed by atoms with Gasteiger partial charge in [0, 0.05) is 23.5 Å². The van der Waals surface area contributed by atoms with Gasteiger partial charge in [-0.15, -0.1) is 0 Å². The van der Waals surface area contributed by atoms with E-state index in [1.807, 2.05) is 60.7 Å². The number of unbranched alkanes of at least 4 members (excludes halogenated alkanes) is 2. The molecular weight excluding hydrogens is 450 g/mol. The fraction of sp³-hybridized carbons (Fsp3) is 0.433. The van der Waals surface area contributed by atoms with E-state index >= 15 is 0 Å². The number of nitrogens with zero attached hydrogens (tertiary/aromatic N) is 2. The van der Waals surface area contributed by atoms with E-state index in [0.29, 0.717) is 18.1 Å². The van der Waals surface area contributed by atoms with E-state index < -0.39 is 0 Å². The number of oxazole rings is 1. The molecule has 0 saturated carbocycles. The van der Waals surface area contributed by atoms with Crippen LogP contribution in [0.15, 0.2) is 65.1 Å². The summed E-state index contributed by atoms with van der Waals surface area (Å²) in [6, 6.07) is 19.7. The lowest BCUT2D eigenvalue weighted by Crippen LogP contribution is -2.40. The summed E-state index contributed by atoms with van der Waals surface area (Å²) in [5.41, 5.74) is 2.72. The van der Waals surface area contributed by atoms with Crippen LogP contribution >= 0.6 is 0 Å². The van der Waals surface area contributed by atoms with Crippen molar-refractivity contribution in [1.82, 2.24) is 15.2 Å². The van der Waals surface area contributed by atoms with Crippen LogP contribution < -0.4 is 5.32 Å². The minimum absolute atomic E-state index is 0.0126. The Hall–Kier alpha value is -3.25. The number of rotatable bonds is 11. The first-order valence-electron chi connectivity index (χ1n) is 13.1. The third-order valence-corrected chi connectivity index (χ3v) is 6.95. The van der Waals surface area contributed by atoms with E-state index in [1.54, 1.807) is 6.92 Å². The summed E-state index contributed by atoms with van der Waals surface area (Å²) in [6.07, 6.45) is 5.73. The van der Waals surface area contributed by atoms with E-state index in [0.717, 1.165) is 68.4 Å². The molecule has 1 unspecified atom stereocenters. The molecule has 1 fully saturated rings. The summed E-state index contributed by atoms with van der Waals surface area (Å²) in [6.45, 7) is 3.50. The van der Waals surface area contributed by atoms with Crippen LogP contribution in [-0.2, 0) is 9.59 Å². The molecule has 1 amide bonds. The summed E-state index contributed by atoms with van der Waals surface area (Å²) in [5, 5.41) is 3.28. The van der Waals surface area contributed by atoms with Crippen molar-refractivity contribution in [2.24, 2.45) is 5.92 Å². The summed E-state index contributed by atoms with van der Waals surface area (Å²) in [4.78, 5) is 31.8. The van der Waals surface area contributed by atoms with Gasteiger partial charge in [0.1, 0.15) is 17.5 Å². The number of nitrogens with one attached hydrogen (secondary N) is 1. The molecule has 1 aliphatic heterocycles. The Bertz CT molecular complexity index is 1060. The van der Waals surface area contributed by atoms with Gasteiger partial charge in [-0.2, -0.15) is 0 Å². The molecule has 0 aliphatic carbocycles. The third kappa shape index (κ3) is 6.91. The minimum Gasteiger partial charge on any atom is -0.438 e. The molecule has 1 atom stereocenters. The van der Waals surface area contributed by atoms with Gasteiger partial charge in [-0.3, -0.25) is 4.79 Å². The molecule has 190 valence electrons. The molecule has 3 aromatic rings. The third-order valence-electron chi connectivity index (χ3n) is 6.95. The second kappa shape index (κ2) is 12.6. The summed E-state index contributed by atoms with van der Waals surface area (Å²) in [7, 11) is 2.10. The molecular formula is C30H37N3O3. The Morgan fingerprint density at radius 3 is 2.25 bits per heavy atom. The summed E-state index contributed by atoms with van der Waals surface area (Å²) >= 11 is 0. The Labute approximate surface area is 214 Å². The highest BCUT2D eigenvalue weighted by atomic mass is 16.4. The predicted octanol–water partition coefficient (Wildman–Crippen LogP) is 6.05. The largest absolute Gasteiger partial charge is 0.438 e. The van der Waals surface area contributed by atoms with Crippen LogP contribution in [0.25, 0.3) is 22.6 Å². The average molecular weight is 488 g/mol. The number of hydrogen-bond acceptors (Lipinski definition) is 5. The fourth-order valence-corrected chi connectivity index (χ4v) is 4.78. The standard InChI is InChI=1S/C30H37N3O3/c1-22(34)12-6-3-11-17-26(31-29(35)25-18-20-33(2)21-19-25)30-32-27(23-13-7-4-8-14-23)28(36-30)24-15-9-5-10-16-24/h4-5,7-10,13-16,25-26H,3,6,11-12,17-21H2,1-2H3,(H,31,35). The van der Waals surface area contributed by atoms with Crippen molar-refractivity contribution in [2.45, 2.75) is 57.9 Å². The van der Waals surface area contributed by atoms with Crippen molar-refractivity contribution in [1.29, 1.82) is 0 Å². The van der Waals surface area contributed by atoms with Gasteiger partial charge in [0.05, 0.1) is 0 Å². The smallest absolute Gasteiger partial charge is 0.223 e. The highest BCUT2D eigenvalue weighted by molar-refractivity contribution is 5.80. The van der Waals surface area contributed by atoms with Gasteiger partial charge in [0.2, 0.25) is 11.8 Å². The zero-order valence-corrected chi connectivity index (χ0v) is 21.4. The lowest BCUT2D eigenvalue weighted by Gasteiger charge is -2.29. The molecule has 0 spiro atoms. The number of aromatic nitrogens is 1. The number of hydrogen-bond donors (Lipinski definition) is 1. The summed E-state index contributed by atoms with van der Waals surface area (Å²) < 4.78 is 6.43. The topological polar surface area (TPSA) is 75.4 Å². The van der Waals surface area contributed by atoms with Crippen molar-refractivity contribution in [3.8, 4) is 22.6 Å². The molecule has 6 heteroatoms. The lowest BCUT2D eigenvalue weighted by molar-refractivity contribution is -0.127. The molecule has 1 N–H and O–H groups in total. The van der Waals surface area contributed by atoms with Crippen LogP contribution in [0.3, 0.4) is 0 Å². The molecule has 36 heavy (non-hydrogen) atoms. The predicted molar refractivity (Wildman–Crippen MR) is 142 cm³/mol. The van der Waals surface area contributed by atoms with E-state index in [1.165, 1.54) is 0 Å². The van der Waals surface area contributed by atoms with Crippen LogP contribution in [0.1, 0.15) is 63.8 Å². The van der Waals surface area contributed by atoms with Crippen LogP contribution in [-0.4, -0.2) is 41.7 Å². The number of amides is 1. The average Bonchev–Trinajstić information content (AvgIpc) is 3.34. The van der Waals surface area contributed by atoms with Gasteiger partial charge in [0.25, 0.3) is 0 Å². The van der Waals surface area contributed by atoms with E-state index in [2.05, 4.69) is 17.3 Å². The Morgan fingerprint density at radius 2 is 1.61 bits per heavy atom. The van der Waals surface area contributed by atoms with Crippen LogP contribution in [0.2, 0.25) is 0 Å². The van der Waals surface area contributed by atoms with Gasteiger partial charge in [0.15, 0.2) is 5.76 Å². The molecule has 6 nitrogen and oxygen atoms in total. The van der Waals surface area contributed by atoms with Gasteiger partial charge in [-0.25, -0.2) is 4.98 Å². The number of ketones is 1. The molecule has 1 aromatic heterocycles. The number of likely N-dealkylation sites (tertiary alicyclic amines) is 1. The first-order valence-corrected chi connectivity index (χ1v) is 13.1. The highest BCUT2D eigenvalue weighted by Gasteiger charge is 2.29. The summed E-state index contributed by atoms with van der Waals surface area (Å²) in [5.74, 6) is 1.57. The molecule has 1 saturated heterocycles. The molecule has 1 aliphatic rings. The van der Waals surface area contributed by atoms with Crippen molar-refractivity contribution in [2.75, 3.05) is 20.1 Å². The minimum atomic E-state index is -0.311. The quantitative estimate of drug-likeness (QED) is 0.333. The van der Waals surface area contributed by atoms with Gasteiger partial charge in [-0.05, 0) is 52.7 Å². The van der Waals surface area contributed by atoms with Gasteiger partial charge >= 0.3 is 0 Å². The van der Waals surface area contributed by atoms with Crippen molar-refractivity contribution < 1.29 is 14.0 Å². The zero-order chi connectivity index (χ0) is 25.3. The van der Waals surface area contributed by atoms with Crippen molar-refractivity contribution in [3.63, 3.8) is 0 Å². The maximum Gasteiger partial charge on any atom is 0.223 e. The number of benzene rings is 2. The number of Topliss-reactive ketones (excluding diaryl/α,β-unsaturated/α-hetero) is 1. The molecule has 2 aromatic carbocycles. The maximum absolute atomic E-state index is 13.3. The first-order chi connectivity index (χ1) is 17.5. The Morgan fingerprint density at radius 1 is 0.972 bits per heavy atom. The number of carbonyl (C=O) groups is 2. The molecule has 0 bridgehead atoms. The Balaban J connectivity index is 1.60. The number of carbonyl (C=O) groups excluding carboxylic acids is 2. The molecule has 0 radical (unpaired) electrons. The van der Waals surface area contributed by atoms with E-state index in [-0.39, 0.29) is 23.7 Å². The van der Waals surface area contributed by atoms with E-state index in [4.69, 9.17) is 9.40 Å². The number of piperidine rings is 1. The lowest BCUT2D eigenvalue weighted by atomic mass is 9.95. The maximum atomic E-state index is 13.3. The SMILES string of the molecule is CC(=O)CCCCCC(NC(=O)C1CCN(C)CC1)c1nc(-c2ccccc2)c(-c2ccccc2)o1. The van der Waals surface area contributed by atoms with Crippen LogP contribution in [0, 0.1) is 5.92 Å². The van der Waals surface area contributed by atoms with Crippen molar-refractivity contribution in [3.05, 3.63) is 66.6 Å². The van der Waals surface area contributed by atoms with Crippen molar-refractivity contribution >= 4 is 11.7 Å². The van der Waals surface area contributed by atoms with E-state index in [9.17, 15) is 9.59 Å². The second-order valence-electron chi connectivity index (χ2n) is 9.90. The van der Waals surface area contributed by atoms with Gasteiger partial charge < -0.3 is 19.4 Å². The molecule has 2 heterocycles. The monoisotopic (exact) mass is 487 g/mol. The Kier molecular flexibility index (Phi) is 9.06. The van der Waals surface area contributed by atoms with Crippen LogP contribution in [0.4, 0.5) is 0 Å². The van der Waals surface area contributed by atoms with Crippen LogP contribution in [0.5, 0.6) is 0 Å². The fourth-order valence-electron chi connectivity index (χ4n) is 4.78. The highest BCUT2D eigenvalue weighted by Crippen LogP contribution is 2.35.